The van der Waals surface area contributed by atoms with Gasteiger partial charge in [0.25, 0.3) is 5.91 Å². The molecule has 5 N–H and O–H groups in total. The Morgan fingerprint density at radius 3 is 2.52 bits per heavy atom. The zero-order chi connectivity index (χ0) is 29.5. The summed E-state index contributed by atoms with van der Waals surface area (Å²) in [5.41, 5.74) is -1.91. The number of aliphatic hydroxyl groups excluding tert-OH is 1. The number of Topliss-reactive ketones (excluding diaryl/α,β-unsaturated/α-hetero) is 1. The molecule has 2 aliphatic heterocycles. The molecule has 1 fully saturated rings. The van der Waals surface area contributed by atoms with Crippen molar-refractivity contribution in [2.24, 2.45) is 0 Å². The first-order valence-corrected chi connectivity index (χ1v) is 14.5. The van der Waals surface area contributed by atoms with Crippen LogP contribution in [0.5, 0.6) is 0 Å². The number of rotatable bonds is 13. The van der Waals surface area contributed by atoms with Gasteiger partial charge in [0.15, 0.2) is 0 Å². The largest absolute Gasteiger partial charge is 0.500 e. The summed E-state index contributed by atoms with van der Waals surface area (Å²) in [6.07, 6.45) is 1.29. The second-order valence-electron chi connectivity index (χ2n) is 8.97. The van der Waals surface area contributed by atoms with E-state index in [1.165, 1.54) is 4.90 Å². The van der Waals surface area contributed by atoms with E-state index in [-0.39, 0.29) is 50.3 Å². The number of nitrogens with one attached hydrogen (secondary N) is 2. The van der Waals surface area contributed by atoms with Gasteiger partial charge in [-0.1, -0.05) is 6.07 Å². The maximum absolute atomic E-state index is 13.9. The Kier molecular flexibility index (Phi) is 10.7. The highest BCUT2D eigenvalue weighted by Gasteiger charge is 2.47. The van der Waals surface area contributed by atoms with E-state index >= 15 is 0 Å². The van der Waals surface area contributed by atoms with Crippen LogP contribution in [0.15, 0.2) is 41.4 Å². The molecular weight excluding hydrogens is 553 g/mol. The first-order chi connectivity index (χ1) is 19.0. The highest BCUT2D eigenvalue weighted by molar-refractivity contribution is 7.53. The maximum atomic E-state index is 13.9. The Hall–Kier alpha value is -3.00. The van der Waals surface area contributed by atoms with E-state index in [4.69, 9.17) is 13.8 Å². The molecule has 0 radical (unpaired) electrons. The maximum Gasteiger partial charge on any atom is 0.332 e. The first kappa shape index (κ1) is 31.5. The number of nitrogens with two attached hydrogens (primary N) is 1. The van der Waals surface area contributed by atoms with Crippen molar-refractivity contribution < 1.29 is 51.9 Å². The third-order valence-corrected chi connectivity index (χ3v) is 8.59. The second-order valence-corrected chi connectivity index (χ2v) is 11.2. The van der Waals surface area contributed by atoms with E-state index in [1.807, 2.05) is 0 Å². The lowest BCUT2D eigenvalue weighted by Crippen LogP contribution is -2.82. The van der Waals surface area contributed by atoms with Crippen molar-refractivity contribution >= 4 is 25.2 Å². The van der Waals surface area contributed by atoms with Gasteiger partial charge in [0.2, 0.25) is 17.2 Å². The van der Waals surface area contributed by atoms with Crippen molar-refractivity contribution in [1.29, 1.82) is 0 Å². The number of ether oxygens (including phenoxy) is 1. The molecule has 1 aromatic rings. The summed E-state index contributed by atoms with van der Waals surface area (Å²) in [7, 11) is -1.93. The lowest BCUT2D eigenvalue weighted by molar-refractivity contribution is -0.533. The predicted octanol–water partition coefficient (Wildman–Crippen LogP) is 0.811. The molecule has 2 heterocycles. The molecule has 3 rings (SSSR count). The van der Waals surface area contributed by atoms with Gasteiger partial charge < -0.3 is 29.1 Å². The highest BCUT2D eigenvalue weighted by atomic mass is 31.2. The summed E-state index contributed by atoms with van der Waals surface area (Å²) < 4.78 is 56.3. The number of aliphatic hydroxyl groups is 1. The minimum absolute atomic E-state index is 0.0126. The molecule has 0 aliphatic carbocycles. The SMILES string of the molecule is CCOP(=O)(CCN(C(=O)C1=C(O)C(=O)C(C(=O)NCc2ccc(F)cc2F)=C[NH2+]1)C1(NC)CCOC1)OCC. The molecule has 0 bridgehead atoms. The number of likely N-dealkylation sites (N-methyl/N-ethyl adjacent to an activating group) is 1. The van der Waals surface area contributed by atoms with Crippen LogP contribution in [0.3, 0.4) is 0 Å². The van der Waals surface area contributed by atoms with Gasteiger partial charge in [0.05, 0.1) is 32.6 Å². The predicted molar refractivity (Wildman–Crippen MR) is 138 cm³/mol. The van der Waals surface area contributed by atoms with Crippen molar-refractivity contribution in [1.82, 2.24) is 15.5 Å². The molecule has 15 heteroatoms. The molecule has 2 amide bonds. The van der Waals surface area contributed by atoms with Crippen LogP contribution in [-0.2, 0) is 39.3 Å². The van der Waals surface area contributed by atoms with Crippen molar-refractivity contribution in [3.05, 3.63) is 58.6 Å². The Labute approximate surface area is 230 Å². The van der Waals surface area contributed by atoms with E-state index in [0.717, 1.165) is 23.6 Å². The fraction of sp³-hybridized carbons (Fsp3) is 0.480. The molecule has 1 aromatic carbocycles. The van der Waals surface area contributed by atoms with Crippen LogP contribution < -0.4 is 16.0 Å². The third kappa shape index (κ3) is 7.00. The van der Waals surface area contributed by atoms with Gasteiger partial charge in [-0.25, -0.2) is 8.78 Å². The molecule has 1 atom stereocenters. The lowest BCUT2D eigenvalue weighted by Gasteiger charge is -2.40. The van der Waals surface area contributed by atoms with Crippen LogP contribution >= 0.6 is 7.60 Å². The molecule has 40 heavy (non-hydrogen) atoms. The van der Waals surface area contributed by atoms with Crippen molar-refractivity contribution in [2.45, 2.75) is 32.5 Å². The fourth-order valence-corrected chi connectivity index (χ4v) is 5.96. The Bertz CT molecular complexity index is 1240. The quantitative estimate of drug-likeness (QED) is 0.149. The van der Waals surface area contributed by atoms with E-state index in [1.54, 1.807) is 20.9 Å². The van der Waals surface area contributed by atoms with Crippen molar-refractivity contribution in [3.63, 3.8) is 0 Å². The van der Waals surface area contributed by atoms with Crippen molar-refractivity contribution in [3.8, 4) is 0 Å². The van der Waals surface area contributed by atoms with Gasteiger partial charge >= 0.3 is 13.5 Å². The van der Waals surface area contributed by atoms with Gasteiger partial charge in [-0.2, -0.15) is 0 Å². The Balaban J connectivity index is 1.80. The zero-order valence-electron chi connectivity index (χ0n) is 22.5. The number of nitrogens with zero attached hydrogens (tertiary/aromatic N) is 1. The number of ketones is 1. The van der Waals surface area contributed by atoms with Gasteiger partial charge in [-0.3, -0.25) is 29.6 Å². The number of amides is 2. The summed E-state index contributed by atoms with van der Waals surface area (Å²) in [5.74, 6) is -5.42. The first-order valence-electron chi connectivity index (χ1n) is 12.7. The standard InChI is InChI=1S/C25H33F2N4O8P/c1-4-38-40(36,39-5-2)11-9-31(25(28-3)8-10-37-15-25)24(35)20-22(33)21(32)18(14-29-20)23(34)30-13-16-6-7-17(26)12-19(16)27/h6-7,12,14,28,33H,4-5,8-11,13,15H2,1-3H3,(H,29,32)(H,30,34)/p+1. The van der Waals surface area contributed by atoms with E-state index < -0.39 is 53.8 Å². The van der Waals surface area contributed by atoms with Crippen LogP contribution in [0.2, 0.25) is 0 Å². The normalized spacial score (nSPS) is 19.5. The summed E-state index contributed by atoms with van der Waals surface area (Å²) in [4.78, 5) is 40.6. The molecule has 1 unspecified atom stereocenters. The number of hydrogen-bond donors (Lipinski definition) is 4. The fourth-order valence-electron chi connectivity index (χ4n) is 4.40. The summed E-state index contributed by atoms with van der Waals surface area (Å²) in [6, 6.07) is 2.83. The molecule has 0 spiro atoms. The number of hydrogen-bond acceptors (Lipinski definition) is 9. The Morgan fingerprint density at radius 2 is 1.95 bits per heavy atom. The number of benzene rings is 1. The molecule has 0 aromatic heterocycles. The van der Waals surface area contributed by atoms with Gasteiger partial charge in [0.1, 0.15) is 29.1 Å². The number of carbonyl (C=O) groups is 3. The molecule has 220 valence electrons. The molecule has 12 nitrogen and oxygen atoms in total. The molecule has 0 saturated carbocycles. The van der Waals surface area contributed by atoms with Crippen molar-refractivity contribution in [2.75, 3.05) is 46.2 Å². The van der Waals surface area contributed by atoms with Crippen LogP contribution in [0.1, 0.15) is 25.8 Å². The second kappa shape index (κ2) is 13.6. The number of allylic oxidation sites excluding steroid dienone is 1. The van der Waals surface area contributed by atoms with Gasteiger partial charge in [0, 0.05) is 31.1 Å². The molecule has 1 saturated heterocycles. The molecule has 2 aliphatic rings. The number of quaternary nitrogens is 1. The minimum atomic E-state index is -3.55. The third-order valence-electron chi connectivity index (χ3n) is 6.54. The minimum Gasteiger partial charge on any atom is -0.500 e. The van der Waals surface area contributed by atoms with Crippen LogP contribution in [0.4, 0.5) is 8.78 Å². The summed E-state index contributed by atoms with van der Waals surface area (Å²) in [5, 5.41) is 17.2. The highest BCUT2D eigenvalue weighted by Crippen LogP contribution is 2.48. The summed E-state index contributed by atoms with van der Waals surface area (Å²) >= 11 is 0. The van der Waals surface area contributed by atoms with Crippen LogP contribution in [-0.4, -0.2) is 79.4 Å². The number of carbonyl (C=O) groups excluding carboxylic acids is 3. The van der Waals surface area contributed by atoms with Crippen LogP contribution in [0, 0.1) is 11.6 Å². The monoisotopic (exact) mass is 587 g/mol. The van der Waals surface area contributed by atoms with E-state index in [0.29, 0.717) is 19.1 Å². The average molecular weight is 588 g/mol. The average Bonchev–Trinajstić information content (AvgIpc) is 3.40. The Morgan fingerprint density at radius 1 is 1.25 bits per heavy atom. The lowest BCUT2D eigenvalue weighted by atomic mass is 10.0. The number of halogens is 2. The summed E-state index contributed by atoms with van der Waals surface area (Å²) in [6.45, 7) is 3.53. The van der Waals surface area contributed by atoms with Gasteiger partial charge in [-0.15, -0.1) is 0 Å². The zero-order valence-corrected chi connectivity index (χ0v) is 23.4. The van der Waals surface area contributed by atoms with Crippen LogP contribution in [0.25, 0.3) is 0 Å². The van der Waals surface area contributed by atoms with E-state index in [2.05, 4.69) is 10.6 Å². The topological polar surface area (TPSA) is 160 Å². The smallest absolute Gasteiger partial charge is 0.332 e. The molecular formula is C25H34F2N4O8P+. The van der Waals surface area contributed by atoms with E-state index in [9.17, 15) is 32.8 Å². The van der Waals surface area contributed by atoms with Gasteiger partial charge in [-0.05, 0) is 27.0 Å².